The minimum Gasteiger partial charge on any atom is -0.162 e. The van der Waals surface area contributed by atoms with Crippen LogP contribution in [0.15, 0.2) is 22.9 Å². The lowest BCUT2D eigenvalue weighted by Gasteiger charge is -2.05. The van der Waals surface area contributed by atoms with E-state index in [-0.39, 0.29) is 0 Å². The summed E-state index contributed by atoms with van der Waals surface area (Å²) in [6.45, 7) is 0. The molecule has 2 heteroatoms. The Balaban J connectivity index is 0.0000000922. The Morgan fingerprint density at radius 1 is 1.00 bits per heavy atom. The summed E-state index contributed by atoms with van der Waals surface area (Å²) in [5, 5.41) is 4.08. The first-order chi connectivity index (χ1) is 4.50. The van der Waals surface area contributed by atoms with E-state index in [1.54, 1.807) is 11.3 Å². The molecule has 1 fully saturated rings. The van der Waals surface area contributed by atoms with Gasteiger partial charge in [-0.3, -0.25) is 0 Å². The molecule has 0 unspecified atom stereocenters. The fraction of sp³-hybridized carbons (Fsp3) is 0.429. The van der Waals surface area contributed by atoms with Crippen LogP contribution in [0.25, 0.3) is 0 Å². The second kappa shape index (κ2) is 4.89. The van der Waals surface area contributed by atoms with Crippen molar-refractivity contribution in [3.8, 4) is 0 Å². The standard InChI is InChI=1S/C4H4S.C3H6S/c1-2-4-5-3-1;1-2-4-3-1/h1-4H;1-3H2. The predicted molar refractivity (Wildman–Crippen MR) is 46.3 cm³/mol. The first-order valence-electron chi connectivity index (χ1n) is 3.05. The average Bonchev–Trinajstić information content (AvgIpc) is 2.07. The Hall–Kier alpha value is 0.0500. The third kappa shape index (κ3) is 3.60. The number of hydrogen-bond donors (Lipinski definition) is 0. The predicted octanol–water partition coefficient (Wildman–Crippen LogP) is 2.87. The van der Waals surface area contributed by atoms with Gasteiger partial charge in [-0.25, -0.2) is 0 Å². The van der Waals surface area contributed by atoms with Crippen LogP contribution >= 0.6 is 23.1 Å². The van der Waals surface area contributed by atoms with Crippen molar-refractivity contribution in [2.24, 2.45) is 0 Å². The Bertz CT molecular complexity index is 98.3. The maximum absolute atomic E-state index is 2.04. The van der Waals surface area contributed by atoms with Crippen LogP contribution in [0, 0.1) is 0 Å². The van der Waals surface area contributed by atoms with E-state index in [9.17, 15) is 0 Å². The van der Waals surface area contributed by atoms with Gasteiger partial charge in [0.2, 0.25) is 0 Å². The topological polar surface area (TPSA) is 0 Å². The molecule has 0 amide bonds. The van der Waals surface area contributed by atoms with E-state index >= 15 is 0 Å². The van der Waals surface area contributed by atoms with Gasteiger partial charge < -0.3 is 0 Å². The highest BCUT2D eigenvalue weighted by molar-refractivity contribution is 8.00. The van der Waals surface area contributed by atoms with Gasteiger partial charge in [-0.15, -0.1) is 0 Å². The van der Waals surface area contributed by atoms with E-state index in [0.717, 1.165) is 0 Å². The van der Waals surface area contributed by atoms with Gasteiger partial charge in [0.25, 0.3) is 0 Å². The van der Waals surface area contributed by atoms with E-state index in [4.69, 9.17) is 0 Å². The van der Waals surface area contributed by atoms with E-state index in [1.165, 1.54) is 17.9 Å². The Morgan fingerprint density at radius 2 is 1.44 bits per heavy atom. The molecule has 0 aliphatic carbocycles. The molecule has 0 aromatic carbocycles. The molecular weight excluding hydrogens is 148 g/mol. The summed E-state index contributed by atoms with van der Waals surface area (Å²) in [5.41, 5.74) is 0. The van der Waals surface area contributed by atoms with Crippen molar-refractivity contribution in [2.75, 3.05) is 11.5 Å². The van der Waals surface area contributed by atoms with Crippen LogP contribution in [-0.2, 0) is 0 Å². The van der Waals surface area contributed by atoms with Crippen LogP contribution in [-0.4, -0.2) is 11.5 Å². The normalized spacial score (nSPS) is 15.1. The number of thiophene rings is 1. The molecule has 1 saturated heterocycles. The van der Waals surface area contributed by atoms with Gasteiger partial charge >= 0.3 is 0 Å². The summed E-state index contributed by atoms with van der Waals surface area (Å²) in [7, 11) is 0. The van der Waals surface area contributed by atoms with Gasteiger partial charge in [0, 0.05) is 0 Å². The molecule has 0 atom stereocenters. The van der Waals surface area contributed by atoms with E-state index < -0.39 is 0 Å². The molecule has 2 rings (SSSR count). The molecule has 50 valence electrons. The molecule has 1 aromatic heterocycles. The highest BCUT2D eigenvalue weighted by atomic mass is 32.2. The molecule has 9 heavy (non-hydrogen) atoms. The zero-order valence-corrected chi connectivity index (χ0v) is 6.88. The second-order valence-corrected chi connectivity index (χ2v) is 3.80. The minimum absolute atomic E-state index is 1.42. The monoisotopic (exact) mass is 158 g/mol. The molecule has 1 aliphatic rings. The third-order valence-electron chi connectivity index (χ3n) is 1.00. The van der Waals surface area contributed by atoms with Gasteiger partial charge in [-0.05, 0) is 28.7 Å². The highest BCUT2D eigenvalue weighted by Gasteiger charge is 1.95. The summed E-state index contributed by atoms with van der Waals surface area (Å²) in [6.07, 6.45) is 1.46. The summed E-state index contributed by atoms with van der Waals surface area (Å²) in [4.78, 5) is 0. The molecule has 0 nitrogen and oxygen atoms in total. The van der Waals surface area contributed by atoms with Crippen molar-refractivity contribution in [3.05, 3.63) is 22.9 Å². The van der Waals surface area contributed by atoms with Crippen molar-refractivity contribution in [2.45, 2.75) is 6.42 Å². The largest absolute Gasteiger partial charge is 0.162 e. The van der Waals surface area contributed by atoms with Gasteiger partial charge in [-0.1, -0.05) is 12.1 Å². The van der Waals surface area contributed by atoms with E-state index in [2.05, 4.69) is 0 Å². The number of thioether (sulfide) groups is 1. The maximum atomic E-state index is 2.04. The van der Waals surface area contributed by atoms with E-state index in [0.29, 0.717) is 0 Å². The van der Waals surface area contributed by atoms with Crippen LogP contribution in [0.2, 0.25) is 0 Å². The lowest BCUT2D eigenvalue weighted by Crippen LogP contribution is -1.94. The number of rotatable bonds is 0. The molecule has 0 spiro atoms. The Morgan fingerprint density at radius 3 is 1.56 bits per heavy atom. The van der Waals surface area contributed by atoms with Crippen molar-refractivity contribution >= 4 is 23.1 Å². The van der Waals surface area contributed by atoms with Crippen molar-refractivity contribution in [1.82, 2.24) is 0 Å². The zero-order valence-electron chi connectivity index (χ0n) is 5.25. The van der Waals surface area contributed by atoms with E-state index in [1.807, 2.05) is 34.7 Å². The molecule has 1 aliphatic heterocycles. The summed E-state index contributed by atoms with van der Waals surface area (Å²) >= 11 is 3.75. The minimum atomic E-state index is 1.42. The van der Waals surface area contributed by atoms with Crippen LogP contribution in [0.5, 0.6) is 0 Å². The Labute approximate surface area is 64.3 Å². The smallest absolute Gasteiger partial charge is 0.00597 e. The van der Waals surface area contributed by atoms with Gasteiger partial charge in [0.05, 0.1) is 0 Å². The third-order valence-corrected chi connectivity index (χ3v) is 2.79. The highest BCUT2D eigenvalue weighted by Crippen LogP contribution is 2.14. The molecule has 1 aromatic rings. The van der Waals surface area contributed by atoms with Gasteiger partial charge in [0.15, 0.2) is 0 Å². The molecule has 2 heterocycles. The first-order valence-corrected chi connectivity index (χ1v) is 5.15. The molecule has 0 N–H and O–H groups in total. The molecule has 0 radical (unpaired) electrons. The lowest BCUT2D eigenvalue weighted by molar-refractivity contribution is 1.06. The van der Waals surface area contributed by atoms with Crippen molar-refractivity contribution < 1.29 is 0 Å². The zero-order chi connectivity index (χ0) is 6.36. The van der Waals surface area contributed by atoms with Crippen molar-refractivity contribution in [1.29, 1.82) is 0 Å². The second-order valence-electron chi connectivity index (χ2n) is 1.76. The SMILES string of the molecule is C1CSC1.c1ccsc1. The fourth-order valence-electron chi connectivity index (χ4n) is 0.371. The van der Waals surface area contributed by atoms with Crippen LogP contribution in [0.1, 0.15) is 6.42 Å². The van der Waals surface area contributed by atoms with Crippen LogP contribution in [0.3, 0.4) is 0 Å². The van der Waals surface area contributed by atoms with Gasteiger partial charge in [0.1, 0.15) is 0 Å². The summed E-state index contributed by atoms with van der Waals surface area (Å²) < 4.78 is 0. The molecular formula is C7H10S2. The maximum Gasteiger partial charge on any atom is -0.00597 e. The fourth-order valence-corrected chi connectivity index (χ4v) is 1.11. The van der Waals surface area contributed by atoms with Crippen LogP contribution < -0.4 is 0 Å². The molecule has 0 bridgehead atoms. The number of hydrogen-bond acceptors (Lipinski definition) is 2. The lowest BCUT2D eigenvalue weighted by atomic mass is 10.6. The average molecular weight is 158 g/mol. The summed E-state index contributed by atoms with van der Waals surface area (Å²) in [5.74, 6) is 2.83. The Kier molecular flexibility index (Phi) is 3.89. The van der Waals surface area contributed by atoms with Crippen molar-refractivity contribution in [3.63, 3.8) is 0 Å². The van der Waals surface area contributed by atoms with Gasteiger partial charge in [-0.2, -0.15) is 23.1 Å². The molecule has 0 saturated carbocycles. The summed E-state index contributed by atoms with van der Waals surface area (Å²) in [6, 6.07) is 4.04. The quantitative estimate of drug-likeness (QED) is 0.559. The van der Waals surface area contributed by atoms with Crippen LogP contribution in [0.4, 0.5) is 0 Å². The first kappa shape index (κ1) is 7.16.